The Kier molecular flexibility index (Phi) is 6.66. The van der Waals surface area contributed by atoms with Crippen molar-refractivity contribution in [1.29, 1.82) is 0 Å². The first kappa shape index (κ1) is 24.0. The minimum absolute atomic E-state index is 0.00903. The molecular formula is C23H40BN3O5. The quantitative estimate of drug-likeness (QED) is 0.569. The maximum absolute atomic E-state index is 12.9. The molecule has 0 aromatic heterocycles. The van der Waals surface area contributed by atoms with Crippen molar-refractivity contribution in [3.05, 3.63) is 0 Å². The molecule has 5 fully saturated rings. The molecule has 6 atom stereocenters. The largest absolute Gasteiger partial charge is 0.481 e. The first-order valence-corrected chi connectivity index (χ1v) is 12.3. The lowest BCUT2D eigenvalue weighted by molar-refractivity contribution is -0.199. The fourth-order valence-electron chi connectivity index (χ4n) is 6.33. The summed E-state index contributed by atoms with van der Waals surface area (Å²) in [5.41, 5.74) is 6.08. The van der Waals surface area contributed by atoms with Gasteiger partial charge in [-0.25, -0.2) is 0 Å². The summed E-state index contributed by atoms with van der Waals surface area (Å²) in [7, 11) is -0.492. The van der Waals surface area contributed by atoms with E-state index in [1.165, 1.54) is 6.42 Å². The zero-order valence-corrected chi connectivity index (χ0v) is 20.3. The van der Waals surface area contributed by atoms with Crippen LogP contribution in [0, 0.1) is 23.2 Å². The average molecular weight is 449 g/mol. The number of carbonyl (C=O) groups is 2. The number of morpholine rings is 1. The van der Waals surface area contributed by atoms with E-state index in [0.717, 1.165) is 12.8 Å². The Morgan fingerprint density at radius 2 is 1.88 bits per heavy atom. The summed E-state index contributed by atoms with van der Waals surface area (Å²) >= 11 is 0. The Hall–Kier alpha value is -1.16. The van der Waals surface area contributed by atoms with Gasteiger partial charge in [0.15, 0.2) is 0 Å². The van der Waals surface area contributed by atoms with Gasteiger partial charge in [0.2, 0.25) is 11.8 Å². The van der Waals surface area contributed by atoms with Crippen LogP contribution in [0.4, 0.5) is 0 Å². The number of amides is 2. The summed E-state index contributed by atoms with van der Waals surface area (Å²) in [6, 6.07) is -0.897. The Bertz CT molecular complexity index is 728. The lowest BCUT2D eigenvalue weighted by atomic mass is 9.43. The van der Waals surface area contributed by atoms with Crippen molar-refractivity contribution in [3.8, 4) is 0 Å². The van der Waals surface area contributed by atoms with E-state index in [-0.39, 0.29) is 41.3 Å². The van der Waals surface area contributed by atoms with Gasteiger partial charge in [-0.3, -0.25) is 9.59 Å². The summed E-state index contributed by atoms with van der Waals surface area (Å²) in [5.74, 6) is 0.756. The number of nitrogens with one attached hydrogen (secondary N) is 1. The van der Waals surface area contributed by atoms with E-state index in [2.05, 4.69) is 39.9 Å². The van der Waals surface area contributed by atoms with Crippen molar-refractivity contribution in [2.45, 2.75) is 84.0 Å². The van der Waals surface area contributed by atoms with Gasteiger partial charge < -0.3 is 30.0 Å². The van der Waals surface area contributed by atoms with E-state index in [0.29, 0.717) is 44.1 Å². The SMILES string of the molecule is CC(C)C[C@H](NC(=O)[C@H](N)CC(=O)N1CCOCC1)B1O[C@@H]2C[C@@H]3C[C@@H](C3(C)C)[C@]2(C)O1. The van der Waals surface area contributed by atoms with Crippen molar-refractivity contribution in [1.82, 2.24) is 10.2 Å². The zero-order chi connectivity index (χ0) is 23.3. The number of ether oxygens (including phenoxy) is 1. The van der Waals surface area contributed by atoms with Crippen LogP contribution in [-0.4, -0.2) is 73.8 Å². The second kappa shape index (κ2) is 8.89. The van der Waals surface area contributed by atoms with E-state index < -0.39 is 13.2 Å². The molecule has 2 heterocycles. The fourth-order valence-corrected chi connectivity index (χ4v) is 6.33. The molecule has 5 aliphatic rings. The monoisotopic (exact) mass is 449 g/mol. The van der Waals surface area contributed by atoms with Crippen molar-refractivity contribution in [2.24, 2.45) is 28.9 Å². The number of rotatable bonds is 7. The molecule has 0 radical (unpaired) electrons. The predicted molar refractivity (Wildman–Crippen MR) is 121 cm³/mol. The van der Waals surface area contributed by atoms with E-state index in [1.54, 1.807) is 4.90 Å². The average Bonchev–Trinajstić information content (AvgIpc) is 3.10. The molecule has 8 nitrogen and oxygen atoms in total. The minimum Gasteiger partial charge on any atom is -0.404 e. The highest BCUT2D eigenvalue weighted by Gasteiger charge is 2.68. The van der Waals surface area contributed by atoms with Gasteiger partial charge in [-0.05, 0) is 49.4 Å². The van der Waals surface area contributed by atoms with Gasteiger partial charge in [-0.2, -0.15) is 0 Å². The van der Waals surface area contributed by atoms with Crippen LogP contribution >= 0.6 is 0 Å². The Labute approximate surface area is 192 Å². The lowest BCUT2D eigenvalue weighted by Gasteiger charge is -2.64. The number of nitrogens with zero attached hydrogens (tertiary/aromatic N) is 1. The number of carbonyl (C=O) groups excluding carboxylic acids is 2. The second-order valence-corrected chi connectivity index (χ2v) is 11.4. The zero-order valence-electron chi connectivity index (χ0n) is 20.3. The molecule has 3 aliphatic carbocycles. The van der Waals surface area contributed by atoms with Gasteiger partial charge in [0.05, 0.1) is 43.3 Å². The molecule has 2 bridgehead atoms. The summed E-state index contributed by atoms with van der Waals surface area (Å²) in [5, 5.41) is 3.07. The normalized spacial score (nSPS) is 35.2. The summed E-state index contributed by atoms with van der Waals surface area (Å²) in [4.78, 5) is 27.2. The smallest absolute Gasteiger partial charge is 0.404 e. The number of nitrogens with two attached hydrogens (primary N) is 1. The third-order valence-corrected chi connectivity index (χ3v) is 8.45. The molecule has 3 N–H and O–H groups in total. The van der Waals surface area contributed by atoms with Crippen molar-refractivity contribution in [2.75, 3.05) is 26.3 Å². The van der Waals surface area contributed by atoms with Crippen LogP contribution in [0.15, 0.2) is 0 Å². The van der Waals surface area contributed by atoms with Gasteiger partial charge in [0.1, 0.15) is 0 Å². The van der Waals surface area contributed by atoms with Crippen LogP contribution in [0.1, 0.15) is 60.3 Å². The van der Waals surface area contributed by atoms with Gasteiger partial charge in [-0.1, -0.05) is 27.7 Å². The molecule has 0 spiro atoms. The standard InChI is InChI=1S/C23H40BN3O5/c1-14(2)10-19(26-21(29)16(25)13-20(28)27-6-8-30-9-7-27)24-31-18-12-15-11-17(22(15,3)4)23(18,5)32-24/h14-19H,6-13,25H2,1-5H3,(H,26,29)/t15-,16+,17-,18+,19-,23-/m0/s1. The molecule has 180 valence electrons. The summed E-state index contributed by atoms with van der Waals surface area (Å²) in [6.45, 7) is 13.2. The molecule has 9 heteroatoms. The molecule has 0 unspecified atom stereocenters. The third kappa shape index (κ3) is 4.33. The van der Waals surface area contributed by atoms with Gasteiger partial charge in [0, 0.05) is 13.1 Å². The number of hydrogen-bond acceptors (Lipinski definition) is 6. The Morgan fingerprint density at radius 3 is 2.50 bits per heavy atom. The van der Waals surface area contributed by atoms with Crippen molar-refractivity contribution in [3.63, 3.8) is 0 Å². The first-order chi connectivity index (χ1) is 15.0. The highest BCUT2D eigenvalue weighted by molar-refractivity contribution is 6.47. The second-order valence-electron chi connectivity index (χ2n) is 11.4. The molecule has 2 aliphatic heterocycles. The van der Waals surface area contributed by atoms with Crippen LogP contribution in [-0.2, 0) is 23.6 Å². The minimum atomic E-state index is -0.897. The topological polar surface area (TPSA) is 103 Å². The molecule has 0 aromatic rings. The highest BCUT2D eigenvalue weighted by Crippen LogP contribution is 2.65. The maximum Gasteiger partial charge on any atom is 0.481 e. The summed E-state index contributed by atoms with van der Waals surface area (Å²) < 4.78 is 18.3. The van der Waals surface area contributed by atoms with Crippen molar-refractivity contribution < 1.29 is 23.6 Å². The molecule has 3 saturated carbocycles. The lowest BCUT2D eigenvalue weighted by Crippen LogP contribution is -2.65. The van der Waals surface area contributed by atoms with Crippen LogP contribution < -0.4 is 11.1 Å². The predicted octanol–water partition coefficient (Wildman–Crippen LogP) is 1.36. The van der Waals surface area contributed by atoms with E-state index in [9.17, 15) is 9.59 Å². The molecule has 2 saturated heterocycles. The Balaban J connectivity index is 1.38. The molecule has 2 amide bonds. The van der Waals surface area contributed by atoms with Gasteiger partial charge in [0.25, 0.3) is 0 Å². The van der Waals surface area contributed by atoms with E-state index in [1.807, 2.05) is 0 Å². The molecule has 32 heavy (non-hydrogen) atoms. The van der Waals surface area contributed by atoms with Crippen molar-refractivity contribution >= 4 is 18.9 Å². The number of hydrogen-bond donors (Lipinski definition) is 2. The van der Waals surface area contributed by atoms with Crippen LogP contribution in [0.5, 0.6) is 0 Å². The Morgan fingerprint density at radius 1 is 1.19 bits per heavy atom. The van der Waals surface area contributed by atoms with E-state index >= 15 is 0 Å². The maximum atomic E-state index is 12.9. The first-order valence-electron chi connectivity index (χ1n) is 12.3. The van der Waals surface area contributed by atoms with Crippen LogP contribution in [0.3, 0.4) is 0 Å². The van der Waals surface area contributed by atoms with Gasteiger partial charge in [-0.15, -0.1) is 0 Å². The fraction of sp³-hybridized carbons (Fsp3) is 0.913. The third-order valence-electron chi connectivity index (χ3n) is 8.45. The van der Waals surface area contributed by atoms with Crippen LogP contribution in [0.25, 0.3) is 0 Å². The van der Waals surface area contributed by atoms with Crippen LogP contribution in [0.2, 0.25) is 0 Å². The molecular weight excluding hydrogens is 409 g/mol. The van der Waals surface area contributed by atoms with Gasteiger partial charge >= 0.3 is 7.12 Å². The highest BCUT2D eigenvalue weighted by atomic mass is 16.7. The molecule has 5 rings (SSSR count). The summed E-state index contributed by atoms with van der Waals surface area (Å²) in [6.07, 6.45) is 2.97. The van der Waals surface area contributed by atoms with E-state index in [4.69, 9.17) is 19.8 Å². The molecule has 0 aromatic carbocycles.